The predicted octanol–water partition coefficient (Wildman–Crippen LogP) is 2.13. The highest BCUT2D eigenvalue weighted by atomic mass is 16.8. The Morgan fingerprint density at radius 1 is 0.933 bits per heavy atom. The lowest BCUT2D eigenvalue weighted by Crippen LogP contribution is -2.64. The summed E-state index contributed by atoms with van der Waals surface area (Å²) < 4.78 is 27.6. The van der Waals surface area contributed by atoms with Crippen molar-refractivity contribution in [1.82, 2.24) is 0 Å². The Balaban J connectivity index is 1.43. The van der Waals surface area contributed by atoms with Crippen molar-refractivity contribution in [2.45, 2.75) is 24.6 Å². The lowest BCUT2D eigenvalue weighted by molar-refractivity contribution is -0.368. The molecule has 2 aliphatic heterocycles. The van der Waals surface area contributed by atoms with Crippen LogP contribution in [0.2, 0.25) is 0 Å². The van der Waals surface area contributed by atoms with Crippen LogP contribution in [-0.2, 0) is 28.5 Å². The lowest BCUT2D eigenvalue weighted by Gasteiger charge is -2.45. The van der Waals surface area contributed by atoms with E-state index >= 15 is 0 Å². The zero-order valence-electron chi connectivity index (χ0n) is 16.0. The summed E-state index contributed by atoms with van der Waals surface area (Å²) in [4.78, 5) is 37.6. The SMILES string of the molecule is O=C(OC[C@@H]1CC(=O)[C@]2(OC(=O)c3ccccc3)OCCO[C@@H]2O1)c1ccccc1. The van der Waals surface area contributed by atoms with Gasteiger partial charge in [0.15, 0.2) is 0 Å². The van der Waals surface area contributed by atoms with Crippen molar-refractivity contribution in [1.29, 1.82) is 0 Å². The molecule has 0 aliphatic carbocycles. The van der Waals surface area contributed by atoms with E-state index in [4.69, 9.17) is 23.7 Å². The molecule has 30 heavy (non-hydrogen) atoms. The number of Topliss-reactive ketones (excluding diaryl/α,β-unsaturated/α-hetero) is 1. The fourth-order valence-electron chi connectivity index (χ4n) is 3.27. The smallest absolute Gasteiger partial charge is 0.341 e. The van der Waals surface area contributed by atoms with Crippen LogP contribution >= 0.6 is 0 Å². The molecule has 0 saturated carbocycles. The summed E-state index contributed by atoms with van der Waals surface area (Å²) in [5, 5.41) is 0. The first-order valence-corrected chi connectivity index (χ1v) is 9.53. The lowest BCUT2D eigenvalue weighted by atomic mass is 9.99. The minimum Gasteiger partial charge on any atom is -0.459 e. The van der Waals surface area contributed by atoms with Crippen molar-refractivity contribution in [3.8, 4) is 0 Å². The highest BCUT2D eigenvalue weighted by Gasteiger charge is 2.59. The molecule has 0 N–H and O–H groups in total. The molecule has 0 radical (unpaired) electrons. The summed E-state index contributed by atoms with van der Waals surface area (Å²) in [6, 6.07) is 16.7. The minimum atomic E-state index is -1.98. The van der Waals surface area contributed by atoms with Crippen molar-refractivity contribution in [2.24, 2.45) is 0 Å². The van der Waals surface area contributed by atoms with E-state index in [0.29, 0.717) is 5.56 Å². The Hall–Kier alpha value is -3.07. The molecule has 0 unspecified atom stereocenters. The van der Waals surface area contributed by atoms with Gasteiger partial charge in [-0.1, -0.05) is 36.4 Å². The molecule has 0 bridgehead atoms. The van der Waals surface area contributed by atoms with E-state index in [0.717, 1.165) is 0 Å². The van der Waals surface area contributed by atoms with E-state index < -0.39 is 35.9 Å². The van der Waals surface area contributed by atoms with Crippen molar-refractivity contribution in [2.75, 3.05) is 19.8 Å². The van der Waals surface area contributed by atoms with Gasteiger partial charge in [-0.25, -0.2) is 9.59 Å². The van der Waals surface area contributed by atoms with E-state index in [1.54, 1.807) is 60.7 Å². The summed E-state index contributed by atoms with van der Waals surface area (Å²) in [6.07, 6.45) is -2.16. The quantitative estimate of drug-likeness (QED) is 0.689. The molecule has 2 aromatic carbocycles. The third kappa shape index (κ3) is 4.11. The first-order chi connectivity index (χ1) is 14.6. The number of carbonyl (C=O) groups is 3. The Morgan fingerprint density at radius 3 is 2.23 bits per heavy atom. The zero-order chi connectivity index (χ0) is 21.0. The second-order valence-corrected chi connectivity index (χ2v) is 6.82. The summed E-state index contributed by atoms with van der Waals surface area (Å²) in [5.41, 5.74) is 0.662. The van der Waals surface area contributed by atoms with Crippen LogP contribution in [0.3, 0.4) is 0 Å². The second kappa shape index (κ2) is 8.74. The molecule has 0 spiro atoms. The Labute approximate surface area is 172 Å². The van der Waals surface area contributed by atoms with Crippen LogP contribution in [0.25, 0.3) is 0 Å². The number of rotatable bonds is 5. The molecule has 156 valence electrons. The minimum absolute atomic E-state index is 0.0708. The topological polar surface area (TPSA) is 97.4 Å². The molecule has 2 fully saturated rings. The highest BCUT2D eigenvalue weighted by molar-refractivity contribution is 5.95. The zero-order valence-corrected chi connectivity index (χ0v) is 16.0. The molecule has 4 rings (SSSR count). The number of ketones is 1. The molecule has 0 amide bonds. The predicted molar refractivity (Wildman–Crippen MR) is 102 cm³/mol. The number of hydrogen-bond donors (Lipinski definition) is 0. The average Bonchev–Trinajstić information content (AvgIpc) is 2.79. The molecule has 8 heteroatoms. The van der Waals surface area contributed by atoms with Gasteiger partial charge in [-0.15, -0.1) is 0 Å². The van der Waals surface area contributed by atoms with Crippen LogP contribution in [0.15, 0.2) is 60.7 Å². The van der Waals surface area contributed by atoms with E-state index in [1.165, 1.54) is 0 Å². The van der Waals surface area contributed by atoms with E-state index in [2.05, 4.69) is 0 Å². The number of esters is 2. The summed E-state index contributed by atoms with van der Waals surface area (Å²) >= 11 is 0. The molecule has 2 aromatic rings. The van der Waals surface area contributed by atoms with Gasteiger partial charge in [0, 0.05) is 6.42 Å². The number of ether oxygens (including phenoxy) is 5. The van der Waals surface area contributed by atoms with Gasteiger partial charge in [-0.3, -0.25) is 4.79 Å². The largest absolute Gasteiger partial charge is 0.459 e. The third-order valence-electron chi connectivity index (χ3n) is 4.76. The fourth-order valence-corrected chi connectivity index (χ4v) is 3.27. The van der Waals surface area contributed by atoms with Crippen molar-refractivity contribution in [3.63, 3.8) is 0 Å². The Morgan fingerprint density at radius 2 is 1.57 bits per heavy atom. The van der Waals surface area contributed by atoms with Gasteiger partial charge in [0.05, 0.1) is 24.3 Å². The molecule has 2 saturated heterocycles. The second-order valence-electron chi connectivity index (χ2n) is 6.82. The van der Waals surface area contributed by atoms with Crippen molar-refractivity contribution < 1.29 is 38.1 Å². The van der Waals surface area contributed by atoms with Gasteiger partial charge >= 0.3 is 17.7 Å². The number of fused-ring (bicyclic) bond motifs is 1. The molecule has 3 atom stereocenters. The number of hydrogen-bond acceptors (Lipinski definition) is 8. The Bertz CT molecular complexity index is 913. The molecule has 2 aliphatic rings. The summed E-state index contributed by atoms with van der Waals surface area (Å²) in [7, 11) is 0. The standard InChI is InChI=1S/C22H20O8/c23-18-13-17(14-27-19(24)15-7-3-1-4-8-15)29-21-22(18,28-12-11-26-21)30-20(25)16-9-5-2-6-10-16/h1-10,17,21H,11-14H2/t17-,21+,22+/m0/s1. The maximum Gasteiger partial charge on any atom is 0.341 e. The molecule has 8 nitrogen and oxygen atoms in total. The highest BCUT2D eigenvalue weighted by Crippen LogP contribution is 2.35. The number of carbonyl (C=O) groups excluding carboxylic acids is 3. The van der Waals surface area contributed by atoms with Crippen molar-refractivity contribution in [3.05, 3.63) is 71.8 Å². The fraction of sp³-hybridized carbons (Fsp3) is 0.318. The van der Waals surface area contributed by atoms with E-state index in [-0.39, 0.29) is 31.8 Å². The van der Waals surface area contributed by atoms with E-state index in [1.807, 2.05) is 0 Å². The molecule has 2 heterocycles. The van der Waals surface area contributed by atoms with E-state index in [9.17, 15) is 14.4 Å². The van der Waals surface area contributed by atoms with Crippen LogP contribution in [0.4, 0.5) is 0 Å². The molecular formula is C22H20O8. The molecular weight excluding hydrogens is 392 g/mol. The van der Waals surface area contributed by atoms with Gasteiger partial charge in [0.25, 0.3) is 0 Å². The summed E-state index contributed by atoms with van der Waals surface area (Å²) in [6.45, 7) is 0.0858. The van der Waals surface area contributed by atoms with Gasteiger partial charge in [-0.05, 0) is 24.3 Å². The molecule has 0 aromatic heterocycles. The van der Waals surface area contributed by atoms with Crippen LogP contribution < -0.4 is 0 Å². The Kier molecular flexibility index (Phi) is 5.89. The maximum atomic E-state index is 12.9. The van der Waals surface area contributed by atoms with Crippen LogP contribution in [0, 0.1) is 0 Å². The van der Waals surface area contributed by atoms with Crippen LogP contribution in [-0.4, -0.2) is 55.7 Å². The average molecular weight is 412 g/mol. The summed E-state index contributed by atoms with van der Waals surface area (Å²) in [5.74, 6) is -3.74. The van der Waals surface area contributed by atoms with Gasteiger partial charge in [-0.2, -0.15) is 0 Å². The first kappa shape index (κ1) is 20.2. The van der Waals surface area contributed by atoms with Crippen molar-refractivity contribution >= 4 is 17.7 Å². The van der Waals surface area contributed by atoms with Crippen LogP contribution in [0.1, 0.15) is 27.1 Å². The van der Waals surface area contributed by atoms with Crippen LogP contribution in [0.5, 0.6) is 0 Å². The van der Waals surface area contributed by atoms with Gasteiger partial charge in [0.2, 0.25) is 12.1 Å². The first-order valence-electron chi connectivity index (χ1n) is 9.53. The van der Waals surface area contributed by atoms with Gasteiger partial charge < -0.3 is 23.7 Å². The third-order valence-corrected chi connectivity index (χ3v) is 4.76. The number of benzene rings is 2. The normalized spacial score (nSPS) is 25.8. The monoisotopic (exact) mass is 412 g/mol. The maximum absolute atomic E-state index is 12.9. The van der Waals surface area contributed by atoms with Gasteiger partial charge in [0.1, 0.15) is 12.7 Å².